The van der Waals surface area contributed by atoms with Crippen LogP contribution in [0.1, 0.15) is 39.0 Å². The van der Waals surface area contributed by atoms with Crippen LogP contribution in [0.15, 0.2) is 0 Å². The lowest BCUT2D eigenvalue weighted by Gasteiger charge is -2.30. The Labute approximate surface area is 123 Å². The third-order valence-corrected chi connectivity index (χ3v) is 5.08. The number of hydrogen-bond acceptors (Lipinski definition) is 4. The van der Waals surface area contributed by atoms with Crippen LogP contribution in [0.2, 0.25) is 0 Å². The summed E-state index contributed by atoms with van der Waals surface area (Å²) >= 11 is 0. The molecule has 1 heterocycles. The van der Waals surface area contributed by atoms with Crippen molar-refractivity contribution in [3.05, 3.63) is 0 Å². The Hall–Kier alpha value is -0.630. The van der Waals surface area contributed by atoms with Gasteiger partial charge in [-0.25, -0.2) is 0 Å². The molecule has 20 heavy (non-hydrogen) atoms. The van der Waals surface area contributed by atoms with Crippen LogP contribution in [0.3, 0.4) is 0 Å². The molecular weight excluding hydrogens is 250 g/mol. The first-order chi connectivity index (χ1) is 9.74. The van der Waals surface area contributed by atoms with Crippen LogP contribution in [-0.4, -0.2) is 50.3 Å². The summed E-state index contributed by atoms with van der Waals surface area (Å²) in [6.45, 7) is 7.38. The molecule has 0 aromatic rings. The van der Waals surface area contributed by atoms with Gasteiger partial charge in [0.25, 0.3) is 0 Å². The number of nitrogens with zero attached hydrogens (tertiary/aromatic N) is 2. The zero-order chi connectivity index (χ0) is 14.4. The zero-order valence-corrected chi connectivity index (χ0v) is 13.0. The molecule has 3 atom stereocenters. The molecular formula is C16H29N3O. The standard InChI is InChI=1S/C16H29N3O/c1-3-18-16(13-17)8-4-5-15(16)7-10-19-9-6-14(11-19)12-20-2/h14-15,18H,3-12H2,1-2H3. The summed E-state index contributed by atoms with van der Waals surface area (Å²) in [5.41, 5.74) is -0.250. The van der Waals surface area contributed by atoms with Gasteiger partial charge in [-0.1, -0.05) is 13.3 Å². The molecule has 0 aromatic heterocycles. The van der Waals surface area contributed by atoms with E-state index in [9.17, 15) is 5.26 Å². The summed E-state index contributed by atoms with van der Waals surface area (Å²) < 4.78 is 5.25. The highest BCUT2D eigenvalue weighted by Gasteiger charge is 2.42. The molecule has 3 unspecified atom stereocenters. The molecule has 1 saturated heterocycles. The summed E-state index contributed by atoms with van der Waals surface area (Å²) in [6.07, 6.45) is 5.83. The van der Waals surface area contributed by atoms with Gasteiger partial charge in [0.05, 0.1) is 12.7 Å². The SMILES string of the molecule is CCNC1(C#N)CCCC1CCN1CCC(COC)C1. The van der Waals surface area contributed by atoms with E-state index >= 15 is 0 Å². The van der Waals surface area contributed by atoms with Crippen LogP contribution in [-0.2, 0) is 4.74 Å². The molecule has 1 N–H and O–H groups in total. The van der Waals surface area contributed by atoms with Crippen molar-refractivity contribution in [1.29, 1.82) is 5.26 Å². The fraction of sp³-hybridized carbons (Fsp3) is 0.938. The Morgan fingerprint density at radius 1 is 1.45 bits per heavy atom. The zero-order valence-electron chi connectivity index (χ0n) is 13.0. The van der Waals surface area contributed by atoms with E-state index in [1.54, 1.807) is 7.11 Å². The number of nitriles is 1. The second-order valence-electron chi connectivity index (χ2n) is 6.40. The summed E-state index contributed by atoms with van der Waals surface area (Å²) in [4.78, 5) is 2.55. The molecule has 1 saturated carbocycles. The summed E-state index contributed by atoms with van der Waals surface area (Å²) in [6, 6.07) is 2.58. The lowest BCUT2D eigenvalue weighted by molar-refractivity contribution is 0.151. The second-order valence-corrected chi connectivity index (χ2v) is 6.40. The number of nitrogens with one attached hydrogen (secondary N) is 1. The van der Waals surface area contributed by atoms with Crippen molar-refractivity contribution in [2.45, 2.75) is 44.6 Å². The molecule has 0 spiro atoms. The molecule has 0 radical (unpaired) electrons. The maximum absolute atomic E-state index is 9.58. The van der Waals surface area contributed by atoms with Crippen LogP contribution >= 0.6 is 0 Å². The Bertz CT molecular complexity index is 341. The van der Waals surface area contributed by atoms with Gasteiger partial charge in [0.15, 0.2) is 0 Å². The molecule has 0 aromatic carbocycles. The minimum atomic E-state index is -0.250. The fourth-order valence-corrected chi connectivity index (χ4v) is 4.03. The molecule has 0 amide bonds. The average Bonchev–Trinajstić information content (AvgIpc) is 3.05. The highest BCUT2D eigenvalue weighted by atomic mass is 16.5. The molecule has 4 heteroatoms. The minimum absolute atomic E-state index is 0.250. The van der Waals surface area contributed by atoms with E-state index in [4.69, 9.17) is 4.74 Å². The van der Waals surface area contributed by atoms with Gasteiger partial charge in [0, 0.05) is 13.7 Å². The van der Waals surface area contributed by atoms with Gasteiger partial charge < -0.3 is 9.64 Å². The van der Waals surface area contributed by atoms with E-state index in [2.05, 4.69) is 23.2 Å². The van der Waals surface area contributed by atoms with Gasteiger partial charge in [-0.05, 0) is 57.2 Å². The van der Waals surface area contributed by atoms with E-state index in [-0.39, 0.29) is 5.54 Å². The van der Waals surface area contributed by atoms with Gasteiger partial charge in [-0.3, -0.25) is 5.32 Å². The first kappa shape index (κ1) is 15.8. The van der Waals surface area contributed by atoms with Gasteiger partial charge in [-0.2, -0.15) is 5.26 Å². The maximum Gasteiger partial charge on any atom is 0.109 e. The van der Waals surface area contributed by atoms with Crippen molar-refractivity contribution in [3.8, 4) is 6.07 Å². The van der Waals surface area contributed by atoms with E-state index < -0.39 is 0 Å². The average molecular weight is 279 g/mol. The van der Waals surface area contributed by atoms with E-state index in [1.165, 1.54) is 32.4 Å². The number of methoxy groups -OCH3 is 1. The van der Waals surface area contributed by atoms with Gasteiger partial charge in [0.2, 0.25) is 0 Å². The smallest absolute Gasteiger partial charge is 0.109 e. The molecule has 1 aliphatic carbocycles. The summed E-state index contributed by atoms with van der Waals surface area (Å²) in [5, 5.41) is 13.0. The molecule has 2 fully saturated rings. The molecule has 2 rings (SSSR count). The normalized spacial score (nSPS) is 34.5. The van der Waals surface area contributed by atoms with Crippen molar-refractivity contribution in [3.63, 3.8) is 0 Å². The molecule has 4 nitrogen and oxygen atoms in total. The Morgan fingerprint density at radius 2 is 2.30 bits per heavy atom. The van der Waals surface area contributed by atoms with Crippen LogP contribution in [0.5, 0.6) is 0 Å². The van der Waals surface area contributed by atoms with Crippen molar-refractivity contribution in [1.82, 2.24) is 10.2 Å². The minimum Gasteiger partial charge on any atom is -0.384 e. The fourth-order valence-electron chi connectivity index (χ4n) is 4.03. The highest BCUT2D eigenvalue weighted by molar-refractivity contribution is 5.14. The predicted octanol–water partition coefficient (Wildman–Crippen LogP) is 2.02. The van der Waals surface area contributed by atoms with Crippen LogP contribution in [0.4, 0.5) is 0 Å². The number of likely N-dealkylation sites (tertiary alicyclic amines) is 1. The molecule has 114 valence electrons. The van der Waals surface area contributed by atoms with Gasteiger partial charge in [-0.15, -0.1) is 0 Å². The number of ether oxygens (including phenoxy) is 1. The van der Waals surface area contributed by atoms with Crippen LogP contribution in [0.25, 0.3) is 0 Å². The largest absolute Gasteiger partial charge is 0.384 e. The van der Waals surface area contributed by atoms with Crippen molar-refractivity contribution in [2.24, 2.45) is 11.8 Å². The quantitative estimate of drug-likeness (QED) is 0.774. The van der Waals surface area contributed by atoms with E-state index in [0.717, 1.165) is 32.5 Å². The van der Waals surface area contributed by atoms with Crippen LogP contribution in [0, 0.1) is 23.2 Å². The van der Waals surface area contributed by atoms with Gasteiger partial charge >= 0.3 is 0 Å². The first-order valence-corrected chi connectivity index (χ1v) is 8.11. The molecule has 2 aliphatic rings. The third kappa shape index (κ3) is 3.52. The third-order valence-electron chi connectivity index (χ3n) is 5.08. The highest BCUT2D eigenvalue weighted by Crippen LogP contribution is 2.37. The second kappa shape index (κ2) is 7.40. The van der Waals surface area contributed by atoms with E-state index in [0.29, 0.717) is 11.8 Å². The maximum atomic E-state index is 9.58. The van der Waals surface area contributed by atoms with E-state index in [1.807, 2.05) is 0 Å². The topological polar surface area (TPSA) is 48.3 Å². The summed E-state index contributed by atoms with van der Waals surface area (Å²) in [7, 11) is 1.79. The first-order valence-electron chi connectivity index (χ1n) is 8.11. The Balaban J connectivity index is 1.80. The van der Waals surface area contributed by atoms with Crippen molar-refractivity contribution >= 4 is 0 Å². The number of hydrogen-bond donors (Lipinski definition) is 1. The van der Waals surface area contributed by atoms with Crippen molar-refractivity contribution in [2.75, 3.05) is 39.9 Å². The lowest BCUT2D eigenvalue weighted by Crippen LogP contribution is -2.47. The lowest BCUT2D eigenvalue weighted by atomic mass is 9.85. The molecule has 1 aliphatic heterocycles. The Morgan fingerprint density at radius 3 is 3.00 bits per heavy atom. The van der Waals surface area contributed by atoms with Gasteiger partial charge in [0.1, 0.15) is 5.54 Å². The van der Waals surface area contributed by atoms with Crippen molar-refractivity contribution < 1.29 is 4.74 Å². The summed E-state index contributed by atoms with van der Waals surface area (Å²) in [5.74, 6) is 1.23. The predicted molar refractivity (Wildman–Crippen MR) is 80.4 cm³/mol. The molecule has 0 bridgehead atoms. The number of rotatable bonds is 7. The Kier molecular flexibility index (Phi) is 5.83. The van der Waals surface area contributed by atoms with Crippen LogP contribution < -0.4 is 5.32 Å². The monoisotopic (exact) mass is 279 g/mol.